The summed E-state index contributed by atoms with van der Waals surface area (Å²) in [6.45, 7) is 7.94. The van der Waals surface area contributed by atoms with Gasteiger partial charge in [-0.3, -0.25) is 4.90 Å². The SMILES string of the molecule is CC(C)(C)c1cc(F)ccc1OC1CN(C(c2ccccc2)c2ccccc2)C1. The molecule has 1 fully saturated rings. The van der Waals surface area contributed by atoms with E-state index in [1.54, 1.807) is 12.1 Å². The summed E-state index contributed by atoms with van der Waals surface area (Å²) >= 11 is 0. The molecule has 150 valence electrons. The number of ether oxygens (including phenoxy) is 1. The minimum atomic E-state index is -0.217. The normalized spacial score (nSPS) is 15.3. The van der Waals surface area contributed by atoms with Gasteiger partial charge in [0.1, 0.15) is 17.7 Å². The Hall–Kier alpha value is -2.65. The molecule has 29 heavy (non-hydrogen) atoms. The lowest BCUT2D eigenvalue weighted by atomic mass is 9.86. The Labute approximate surface area is 172 Å². The molecule has 1 heterocycles. The number of halogens is 1. The summed E-state index contributed by atoms with van der Waals surface area (Å²) < 4.78 is 20.1. The predicted molar refractivity (Wildman–Crippen MR) is 116 cm³/mol. The van der Waals surface area contributed by atoms with Crippen LogP contribution in [0.1, 0.15) is 43.5 Å². The molecule has 0 unspecified atom stereocenters. The van der Waals surface area contributed by atoms with E-state index >= 15 is 0 Å². The average molecular weight is 390 g/mol. The van der Waals surface area contributed by atoms with E-state index in [0.29, 0.717) is 0 Å². The van der Waals surface area contributed by atoms with Gasteiger partial charge in [-0.25, -0.2) is 4.39 Å². The molecule has 4 rings (SSSR count). The lowest BCUT2D eigenvalue weighted by molar-refractivity contribution is -0.000655. The molecule has 0 radical (unpaired) electrons. The summed E-state index contributed by atoms with van der Waals surface area (Å²) in [4.78, 5) is 2.44. The Kier molecular flexibility index (Phi) is 5.42. The minimum Gasteiger partial charge on any atom is -0.487 e. The van der Waals surface area contributed by atoms with Crippen LogP contribution in [-0.4, -0.2) is 24.1 Å². The molecule has 0 spiro atoms. The van der Waals surface area contributed by atoms with Crippen LogP contribution in [0.4, 0.5) is 4.39 Å². The molecule has 1 saturated heterocycles. The van der Waals surface area contributed by atoms with Crippen LogP contribution >= 0.6 is 0 Å². The predicted octanol–water partition coefficient (Wildman–Crippen LogP) is 5.98. The van der Waals surface area contributed by atoms with Crippen LogP contribution in [0.15, 0.2) is 78.9 Å². The molecule has 1 aliphatic heterocycles. The van der Waals surface area contributed by atoms with Crippen LogP contribution in [-0.2, 0) is 5.41 Å². The molecule has 1 aliphatic rings. The molecule has 3 aromatic rings. The molecule has 0 saturated carbocycles. The first kappa shape index (κ1) is 19.7. The highest BCUT2D eigenvalue weighted by molar-refractivity contribution is 5.39. The van der Waals surface area contributed by atoms with Crippen molar-refractivity contribution < 1.29 is 9.13 Å². The van der Waals surface area contributed by atoms with E-state index < -0.39 is 0 Å². The number of hydrogen-bond acceptors (Lipinski definition) is 2. The molecule has 0 atom stereocenters. The number of nitrogens with zero attached hydrogens (tertiary/aromatic N) is 1. The molecule has 2 nitrogen and oxygen atoms in total. The zero-order valence-electron chi connectivity index (χ0n) is 17.3. The number of rotatable bonds is 5. The summed E-state index contributed by atoms with van der Waals surface area (Å²) in [6.07, 6.45) is 0.108. The highest BCUT2D eigenvalue weighted by Crippen LogP contribution is 2.36. The van der Waals surface area contributed by atoms with Gasteiger partial charge < -0.3 is 4.74 Å². The highest BCUT2D eigenvalue weighted by Gasteiger charge is 2.36. The molecule has 0 bridgehead atoms. The van der Waals surface area contributed by atoms with Gasteiger partial charge in [-0.05, 0) is 34.7 Å². The number of likely N-dealkylation sites (tertiary alicyclic amines) is 1. The fraction of sp³-hybridized carbons (Fsp3) is 0.308. The van der Waals surface area contributed by atoms with Crippen LogP contribution in [0.5, 0.6) is 5.75 Å². The van der Waals surface area contributed by atoms with Gasteiger partial charge in [0.05, 0.1) is 6.04 Å². The third-order valence-corrected chi connectivity index (χ3v) is 5.52. The standard InChI is InChI=1S/C26H28FNO/c1-26(2,3)23-16-21(27)14-15-24(23)29-22-17-28(18-22)25(19-10-6-4-7-11-19)20-12-8-5-9-13-20/h4-16,22,25H,17-18H2,1-3H3. The number of benzene rings is 3. The maximum atomic E-state index is 13.8. The third kappa shape index (κ3) is 4.35. The van der Waals surface area contributed by atoms with Gasteiger partial charge in [0.15, 0.2) is 0 Å². The number of hydrogen-bond donors (Lipinski definition) is 0. The Morgan fingerprint density at radius 2 is 1.41 bits per heavy atom. The first-order valence-electron chi connectivity index (χ1n) is 10.2. The minimum absolute atomic E-state index is 0.108. The molecular weight excluding hydrogens is 361 g/mol. The molecule has 3 heteroatoms. The van der Waals surface area contributed by atoms with E-state index in [-0.39, 0.29) is 23.4 Å². The van der Waals surface area contributed by atoms with Gasteiger partial charge in [-0.2, -0.15) is 0 Å². The smallest absolute Gasteiger partial charge is 0.124 e. The van der Waals surface area contributed by atoms with Crippen molar-refractivity contribution in [2.24, 2.45) is 0 Å². The summed E-state index contributed by atoms with van der Waals surface area (Å²) in [5, 5.41) is 0. The van der Waals surface area contributed by atoms with Crippen molar-refractivity contribution in [2.75, 3.05) is 13.1 Å². The van der Waals surface area contributed by atoms with Crippen molar-refractivity contribution in [2.45, 2.75) is 38.3 Å². The first-order chi connectivity index (χ1) is 13.9. The lowest BCUT2D eigenvalue weighted by Gasteiger charge is -2.44. The first-order valence-corrected chi connectivity index (χ1v) is 10.2. The maximum Gasteiger partial charge on any atom is 0.124 e. The van der Waals surface area contributed by atoms with Crippen LogP contribution in [0, 0.1) is 5.82 Å². The van der Waals surface area contributed by atoms with Gasteiger partial charge in [0.25, 0.3) is 0 Å². The quantitative estimate of drug-likeness (QED) is 0.532. The average Bonchev–Trinajstić information content (AvgIpc) is 2.68. The molecule has 3 aromatic carbocycles. The Morgan fingerprint density at radius 3 is 1.93 bits per heavy atom. The zero-order chi connectivity index (χ0) is 20.4. The molecule has 0 amide bonds. The maximum absolute atomic E-state index is 13.8. The van der Waals surface area contributed by atoms with Crippen LogP contribution in [0.3, 0.4) is 0 Å². The van der Waals surface area contributed by atoms with E-state index in [2.05, 4.69) is 86.3 Å². The molecule has 0 aliphatic carbocycles. The topological polar surface area (TPSA) is 12.5 Å². The Balaban J connectivity index is 1.51. The van der Waals surface area contributed by atoms with Crippen molar-refractivity contribution >= 4 is 0 Å². The largest absolute Gasteiger partial charge is 0.487 e. The van der Waals surface area contributed by atoms with E-state index in [4.69, 9.17) is 4.74 Å². The Bertz CT molecular complexity index is 904. The highest BCUT2D eigenvalue weighted by atomic mass is 19.1. The second-order valence-electron chi connectivity index (χ2n) is 8.81. The molecule has 0 aromatic heterocycles. The van der Waals surface area contributed by atoms with Crippen LogP contribution < -0.4 is 4.74 Å². The van der Waals surface area contributed by atoms with Gasteiger partial charge in [-0.15, -0.1) is 0 Å². The van der Waals surface area contributed by atoms with Crippen molar-refractivity contribution in [3.05, 3.63) is 101 Å². The summed E-state index contributed by atoms with van der Waals surface area (Å²) in [7, 11) is 0. The van der Waals surface area contributed by atoms with E-state index in [0.717, 1.165) is 24.4 Å². The van der Waals surface area contributed by atoms with Crippen molar-refractivity contribution in [1.82, 2.24) is 4.90 Å². The Morgan fingerprint density at radius 1 is 0.862 bits per heavy atom. The summed E-state index contributed by atoms with van der Waals surface area (Å²) in [5.41, 5.74) is 3.32. The summed E-state index contributed by atoms with van der Waals surface area (Å²) in [6, 6.07) is 26.3. The van der Waals surface area contributed by atoms with Crippen molar-refractivity contribution in [3.63, 3.8) is 0 Å². The lowest BCUT2D eigenvalue weighted by Crippen LogP contribution is -2.55. The van der Waals surface area contributed by atoms with Gasteiger partial charge >= 0.3 is 0 Å². The monoisotopic (exact) mass is 389 g/mol. The van der Waals surface area contributed by atoms with Crippen LogP contribution in [0.2, 0.25) is 0 Å². The van der Waals surface area contributed by atoms with Gasteiger partial charge in [-0.1, -0.05) is 81.4 Å². The van der Waals surface area contributed by atoms with Crippen molar-refractivity contribution in [3.8, 4) is 5.75 Å². The molecular formula is C26H28FNO. The van der Waals surface area contributed by atoms with E-state index in [9.17, 15) is 4.39 Å². The fourth-order valence-electron chi connectivity index (χ4n) is 4.01. The second kappa shape index (κ2) is 8.00. The second-order valence-corrected chi connectivity index (χ2v) is 8.81. The van der Waals surface area contributed by atoms with Crippen molar-refractivity contribution in [1.29, 1.82) is 0 Å². The van der Waals surface area contributed by atoms with Crippen LogP contribution in [0.25, 0.3) is 0 Å². The zero-order valence-corrected chi connectivity index (χ0v) is 17.3. The summed E-state index contributed by atoms with van der Waals surface area (Å²) in [5.74, 6) is 0.574. The van der Waals surface area contributed by atoms with E-state index in [1.807, 2.05) is 0 Å². The third-order valence-electron chi connectivity index (χ3n) is 5.52. The fourth-order valence-corrected chi connectivity index (χ4v) is 4.01. The van der Waals surface area contributed by atoms with E-state index in [1.165, 1.54) is 17.2 Å². The van der Waals surface area contributed by atoms with Gasteiger partial charge in [0, 0.05) is 18.7 Å². The van der Waals surface area contributed by atoms with Gasteiger partial charge in [0.2, 0.25) is 0 Å². The molecule has 0 N–H and O–H groups in total.